The zero-order valence-electron chi connectivity index (χ0n) is 10.2. The van der Waals surface area contributed by atoms with Crippen LogP contribution in [0.15, 0.2) is 30.5 Å². The van der Waals surface area contributed by atoms with Gasteiger partial charge in [0.1, 0.15) is 11.4 Å². The fourth-order valence-electron chi connectivity index (χ4n) is 1.72. The summed E-state index contributed by atoms with van der Waals surface area (Å²) in [6.45, 7) is 3.65. The lowest BCUT2D eigenvalue weighted by Gasteiger charge is -2.07. The van der Waals surface area contributed by atoms with E-state index in [4.69, 9.17) is 0 Å². The summed E-state index contributed by atoms with van der Waals surface area (Å²) in [5.74, 6) is -0.342. The predicted octanol–water partition coefficient (Wildman–Crippen LogP) is 2.68. The van der Waals surface area contributed by atoms with Crippen LogP contribution in [0.2, 0.25) is 0 Å². The van der Waals surface area contributed by atoms with E-state index in [9.17, 15) is 14.7 Å². The van der Waals surface area contributed by atoms with Gasteiger partial charge in [-0.1, -0.05) is 6.08 Å². The number of urea groups is 1. The van der Waals surface area contributed by atoms with Crippen LogP contribution < -0.4 is 5.32 Å². The van der Waals surface area contributed by atoms with Crippen LogP contribution in [0.3, 0.4) is 0 Å². The first-order chi connectivity index (χ1) is 9.43. The van der Waals surface area contributed by atoms with Gasteiger partial charge in [-0.2, -0.15) is 0 Å². The Morgan fingerprint density at radius 2 is 2.05 bits per heavy atom. The minimum absolute atomic E-state index is 0.0859. The number of imide groups is 1. The van der Waals surface area contributed by atoms with Gasteiger partial charge in [-0.05, 0) is 63.4 Å². The number of rotatable bonds is 3. The van der Waals surface area contributed by atoms with Gasteiger partial charge < -0.3 is 10.4 Å². The average molecular weight is 496 g/mol. The molecule has 1 heterocycles. The Balaban J connectivity index is 2.40. The smallest absolute Gasteiger partial charge is 0.329 e. The third kappa shape index (κ3) is 2.97. The highest BCUT2D eigenvalue weighted by atomic mass is 127. The van der Waals surface area contributed by atoms with Crippen LogP contribution in [0.1, 0.15) is 5.56 Å². The van der Waals surface area contributed by atoms with Crippen molar-refractivity contribution in [3.8, 4) is 5.75 Å². The zero-order chi connectivity index (χ0) is 14.9. The summed E-state index contributed by atoms with van der Waals surface area (Å²) in [6, 6.07) is 3.07. The minimum atomic E-state index is -0.485. The molecule has 20 heavy (non-hydrogen) atoms. The third-order valence-corrected chi connectivity index (χ3v) is 4.08. The molecule has 5 nitrogen and oxygen atoms in total. The molecule has 0 spiro atoms. The first-order valence-corrected chi connectivity index (χ1v) is 7.73. The Kier molecular flexibility index (Phi) is 4.68. The number of amides is 3. The molecular formula is C13H10I2N2O3. The lowest BCUT2D eigenvalue weighted by atomic mass is 10.1. The van der Waals surface area contributed by atoms with Crippen LogP contribution in [0.5, 0.6) is 5.75 Å². The van der Waals surface area contributed by atoms with Gasteiger partial charge in [-0.25, -0.2) is 4.79 Å². The van der Waals surface area contributed by atoms with E-state index in [2.05, 4.69) is 34.5 Å². The maximum absolute atomic E-state index is 12.0. The summed E-state index contributed by atoms with van der Waals surface area (Å²) in [5.41, 5.74) is 0.635. The number of halogens is 2. The molecule has 7 heteroatoms. The topological polar surface area (TPSA) is 69.6 Å². The van der Waals surface area contributed by atoms with Crippen molar-refractivity contribution >= 4 is 63.2 Å². The van der Waals surface area contributed by atoms with Crippen LogP contribution in [0.4, 0.5) is 4.79 Å². The van der Waals surface area contributed by atoms with Gasteiger partial charge in [0.2, 0.25) is 0 Å². The van der Waals surface area contributed by atoms with E-state index in [1.165, 1.54) is 12.2 Å². The fraction of sp³-hybridized carbons (Fsp3) is 0.0769. The number of nitrogens with one attached hydrogen (secondary N) is 1. The van der Waals surface area contributed by atoms with E-state index in [0.29, 0.717) is 9.13 Å². The molecule has 0 bridgehead atoms. The van der Waals surface area contributed by atoms with Crippen molar-refractivity contribution in [1.82, 2.24) is 10.2 Å². The van der Waals surface area contributed by atoms with Gasteiger partial charge in [0.15, 0.2) is 0 Å². The van der Waals surface area contributed by atoms with E-state index in [1.54, 1.807) is 6.07 Å². The molecule has 0 atom stereocenters. The number of carbonyl (C=O) groups excluding carboxylic acids is 2. The van der Waals surface area contributed by atoms with Crippen molar-refractivity contribution < 1.29 is 14.7 Å². The average Bonchev–Trinajstić information content (AvgIpc) is 2.63. The number of hydrogen-bond acceptors (Lipinski definition) is 3. The van der Waals surface area contributed by atoms with E-state index >= 15 is 0 Å². The number of phenolic OH excluding ortho intramolecular Hbond substituents is 1. The summed E-state index contributed by atoms with van der Waals surface area (Å²) in [6.07, 6.45) is 2.95. The van der Waals surface area contributed by atoms with Crippen molar-refractivity contribution in [3.63, 3.8) is 0 Å². The molecule has 0 aliphatic carbocycles. The highest BCUT2D eigenvalue weighted by Gasteiger charge is 2.32. The summed E-state index contributed by atoms with van der Waals surface area (Å²) < 4.78 is 1.61. The van der Waals surface area contributed by atoms with Crippen LogP contribution in [0, 0.1) is 7.14 Å². The van der Waals surface area contributed by atoms with E-state index in [0.717, 1.165) is 8.47 Å². The van der Waals surface area contributed by atoms with E-state index in [-0.39, 0.29) is 18.0 Å². The summed E-state index contributed by atoms with van der Waals surface area (Å²) in [4.78, 5) is 24.7. The van der Waals surface area contributed by atoms with Gasteiger partial charge in [0.05, 0.1) is 3.57 Å². The molecule has 3 amide bonds. The molecule has 0 aromatic heterocycles. The zero-order valence-corrected chi connectivity index (χ0v) is 14.5. The Bertz CT molecular complexity index is 641. The Labute approximate surface area is 143 Å². The maximum atomic E-state index is 12.0. The first kappa shape index (κ1) is 15.3. The fourth-order valence-corrected chi connectivity index (χ4v) is 3.61. The molecule has 1 aromatic rings. The number of aromatic hydroxyl groups is 1. The molecule has 1 aromatic carbocycles. The van der Waals surface area contributed by atoms with Crippen LogP contribution in [0.25, 0.3) is 6.08 Å². The number of carbonyl (C=O) groups is 2. The molecular weight excluding hydrogens is 486 g/mol. The second kappa shape index (κ2) is 6.12. The normalized spacial score (nSPS) is 16.7. The molecule has 0 saturated carbocycles. The Morgan fingerprint density at radius 1 is 1.35 bits per heavy atom. The summed E-state index contributed by atoms with van der Waals surface area (Å²) in [7, 11) is 0. The predicted molar refractivity (Wildman–Crippen MR) is 92.0 cm³/mol. The van der Waals surface area contributed by atoms with Gasteiger partial charge in [-0.15, -0.1) is 6.58 Å². The Hall–Kier alpha value is -1.10. The standard InChI is InChI=1S/C13H10I2N2O3/c1-2-3-17-12(19)10(16-13(17)20)5-7-4-8(14)6-9(15)11(7)18/h2,4-6,18H,1,3H2,(H,16,20)/b10-5+. The lowest BCUT2D eigenvalue weighted by molar-refractivity contribution is -0.122. The van der Waals surface area contributed by atoms with Crippen molar-refractivity contribution in [1.29, 1.82) is 0 Å². The van der Waals surface area contributed by atoms with Crippen LogP contribution >= 0.6 is 45.2 Å². The monoisotopic (exact) mass is 496 g/mol. The largest absolute Gasteiger partial charge is 0.506 e. The van der Waals surface area contributed by atoms with E-state index < -0.39 is 11.9 Å². The van der Waals surface area contributed by atoms with E-state index in [1.807, 2.05) is 28.7 Å². The van der Waals surface area contributed by atoms with Crippen molar-refractivity contribution in [2.45, 2.75) is 0 Å². The highest BCUT2D eigenvalue weighted by Crippen LogP contribution is 2.29. The maximum Gasteiger partial charge on any atom is 0.329 e. The Morgan fingerprint density at radius 3 is 2.70 bits per heavy atom. The van der Waals surface area contributed by atoms with Gasteiger partial charge in [0, 0.05) is 15.7 Å². The summed E-state index contributed by atoms with van der Waals surface area (Å²) in [5, 5.41) is 12.5. The van der Waals surface area contributed by atoms with Crippen LogP contribution in [-0.2, 0) is 4.79 Å². The number of benzene rings is 1. The second-order valence-corrected chi connectivity index (χ2v) is 6.43. The molecule has 1 fully saturated rings. The van der Waals surface area contributed by atoms with Crippen molar-refractivity contribution in [2.75, 3.05) is 6.54 Å². The molecule has 104 valence electrons. The molecule has 1 aliphatic heterocycles. The second-order valence-electron chi connectivity index (χ2n) is 4.02. The number of nitrogens with zero attached hydrogens (tertiary/aromatic N) is 1. The molecule has 1 aliphatic rings. The quantitative estimate of drug-likeness (QED) is 0.293. The molecule has 2 rings (SSSR count). The minimum Gasteiger partial charge on any atom is -0.506 e. The molecule has 0 radical (unpaired) electrons. The van der Waals surface area contributed by atoms with Gasteiger partial charge in [-0.3, -0.25) is 9.69 Å². The van der Waals surface area contributed by atoms with Crippen molar-refractivity contribution in [2.24, 2.45) is 0 Å². The number of phenols is 1. The highest BCUT2D eigenvalue weighted by molar-refractivity contribution is 14.1. The molecule has 0 unspecified atom stereocenters. The van der Waals surface area contributed by atoms with Crippen LogP contribution in [-0.4, -0.2) is 28.5 Å². The SMILES string of the molecule is C=CCN1C(=O)N/C(=C/c2cc(I)cc(I)c2O)C1=O. The lowest BCUT2D eigenvalue weighted by Crippen LogP contribution is -2.30. The van der Waals surface area contributed by atoms with Gasteiger partial charge >= 0.3 is 6.03 Å². The molecule has 1 saturated heterocycles. The third-order valence-electron chi connectivity index (χ3n) is 2.63. The van der Waals surface area contributed by atoms with Gasteiger partial charge in [0.25, 0.3) is 5.91 Å². The van der Waals surface area contributed by atoms with Crippen molar-refractivity contribution in [3.05, 3.63) is 43.2 Å². The first-order valence-electron chi connectivity index (χ1n) is 5.57. The summed E-state index contributed by atoms with van der Waals surface area (Å²) >= 11 is 4.13. The molecule has 2 N–H and O–H groups in total. The number of hydrogen-bond donors (Lipinski definition) is 2.